The van der Waals surface area contributed by atoms with E-state index in [9.17, 15) is 14.4 Å². The van der Waals surface area contributed by atoms with E-state index in [4.69, 9.17) is 4.74 Å². The molecule has 0 aliphatic heterocycles. The summed E-state index contributed by atoms with van der Waals surface area (Å²) >= 11 is 0. The standard InChI is InChI=1S/C22H23N3O4/c1-3-29-22(28)19(13-15-9-5-4-6-10-15)23-20(26)14-18-16-11-7-8-12-17(16)21(27)25(2)24-18/h4-12,19H,3,13-14H2,1-2H3,(H,23,26). The van der Waals surface area contributed by atoms with Gasteiger partial charge < -0.3 is 10.1 Å². The van der Waals surface area contributed by atoms with Gasteiger partial charge in [-0.2, -0.15) is 5.10 Å². The van der Waals surface area contributed by atoms with Crippen LogP contribution in [0, 0.1) is 0 Å². The number of hydrogen-bond donors (Lipinski definition) is 1. The Morgan fingerprint density at radius 3 is 2.41 bits per heavy atom. The van der Waals surface area contributed by atoms with Crippen LogP contribution < -0.4 is 10.9 Å². The number of amides is 1. The molecule has 1 N–H and O–H groups in total. The van der Waals surface area contributed by atoms with E-state index in [2.05, 4.69) is 10.4 Å². The second-order valence-corrected chi connectivity index (χ2v) is 6.66. The second kappa shape index (κ2) is 9.14. The van der Waals surface area contributed by atoms with Crippen LogP contribution in [0.3, 0.4) is 0 Å². The van der Waals surface area contributed by atoms with E-state index in [0.29, 0.717) is 22.9 Å². The molecule has 29 heavy (non-hydrogen) atoms. The zero-order valence-corrected chi connectivity index (χ0v) is 16.4. The lowest BCUT2D eigenvalue weighted by atomic mass is 10.1. The van der Waals surface area contributed by atoms with Gasteiger partial charge >= 0.3 is 5.97 Å². The highest BCUT2D eigenvalue weighted by Crippen LogP contribution is 2.14. The molecule has 0 saturated heterocycles. The van der Waals surface area contributed by atoms with Gasteiger partial charge in [-0.25, -0.2) is 9.48 Å². The summed E-state index contributed by atoms with van der Waals surface area (Å²) in [6, 6.07) is 15.6. The SMILES string of the molecule is CCOC(=O)C(Cc1ccccc1)NC(=O)Cc1nn(C)c(=O)c2ccccc12. The third kappa shape index (κ3) is 4.87. The van der Waals surface area contributed by atoms with Crippen LogP contribution in [0.5, 0.6) is 0 Å². The molecule has 0 radical (unpaired) electrons. The fraction of sp³-hybridized carbons (Fsp3) is 0.273. The van der Waals surface area contributed by atoms with Crippen molar-refractivity contribution in [1.29, 1.82) is 0 Å². The van der Waals surface area contributed by atoms with Crippen molar-refractivity contribution in [3.63, 3.8) is 0 Å². The molecule has 3 rings (SSSR count). The molecule has 2 aromatic carbocycles. The van der Waals surface area contributed by atoms with Crippen molar-refractivity contribution in [3.05, 3.63) is 76.2 Å². The zero-order chi connectivity index (χ0) is 20.8. The third-order valence-electron chi connectivity index (χ3n) is 4.55. The first-order valence-electron chi connectivity index (χ1n) is 9.44. The summed E-state index contributed by atoms with van der Waals surface area (Å²) in [6.07, 6.45) is 0.270. The van der Waals surface area contributed by atoms with E-state index >= 15 is 0 Å². The number of nitrogens with zero attached hydrogens (tertiary/aromatic N) is 2. The highest BCUT2D eigenvalue weighted by atomic mass is 16.5. The van der Waals surface area contributed by atoms with Crippen molar-refractivity contribution in [2.75, 3.05) is 6.61 Å². The lowest BCUT2D eigenvalue weighted by Crippen LogP contribution is -2.44. The molecule has 1 amide bonds. The maximum absolute atomic E-state index is 12.7. The first-order valence-corrected chi connectivity index (χ1v) is 9.44. The molecule has 7 heteroatoms. The van der Waals surface area contributed by atoms with E-state index < -0.39 is 12.0 Å². The molecule has 1 aromatic heterocycles. The Hall–Kier alpha value is -3.48. The van der Waals surface area contributed by atoms with Crippen LogP contribution >= 0.6 is 0 Å². The molecule has 1 heterocycles. The van der Waals surface area contributed by atoms with E-state index in [0.717, 1.165) is 5.56 Å². The maximum atomic E-state index is 12.7. The van der Waals surface area contributed by atoms with Crippen molar-refractivity contribution in [1.82, 2.24) is 15.1 Å². The molecule has 0 spiro atoms. The summed E-state index contributed by atoms with van der Waals surface area (Å²) in [5.41, 5.74) is 1.16. The topological polar surface area (TPSA) is 90.3 Å². The summed E-state index contributed by atoms with van der Waals surface area (Å²) in [4.78, 5) is 37.3. The molecule has 0 saturated carbocycles. The number of carbonyl (C=O) groups excluding carboxylic acids is 2. The molecular weight excluding hydrogens is 370 g/mol. The number of fused-ring (bicyclic) bond motifs is 1. The number of hydrogen-bond acceptors (Lipinski definition) is 5. The van der Waals surface area contributed by atoms with Crippen molar-refractivity contribution in [3.8, 4) is 0 Å². The lowest BCUT2D eigenvalue weighted by molar-refractivity contribution is -0.147. The number of benzene rings is 2. The van der Waals surface area contributed by atoms with Crippen LogP contribution in [0.1, 0.15) is 18.2 Å². The van der Waals surface area contributed by atoms with Gasteiger partial charge in [0.15, 0.2) is 0 Å². The van der Waals surface area contributed by atoms with Crippen molar-refractivity contribution in [2.24, 2.45) is 7.05 Å². The lowest BCUT2D eigenvalue weighted by Gasteiger charge is -2.18. The zero-order valence-electron chi connectivity index (χ0n) is 16.4. The number of ether oxygens (including phenoxy) is 1. The van der Waals surface area contributed by atoms with Crippen LogP contribution in [0.15, 0.2) is 59.4 Å². The summed E-state index contributed by atoms with van der Waals surface area (Å²) < 4.78 is 6.34. The van der Waals surface area contributed by atoms with Gasteiger partial charge in [-0.1, -0.05) is 48.5 Å². The average Bonchev–Trinajstić information content (AvgIpc) is 2.72. The van der Waals surface area contributed by atoms with Crippen LogP contribution in [-0.2, 0) is 34.2 Å². The van der Waals surface area contributed by atoms with Gasteiger partial charge in [0.05, 0.1) is 24.1 Å². The molecular formula is C22H23N3O4. The van der Waals surface area contributed by atoms with Gasteiger partial charge in [-0.3, -0.25) is 9.59 Å². The fourth-order valence-corrected chi connectivity index (χ4v) is 3.19. The van der Waals surface area contributed by atoms with Crippen LogP contribution in [0.2, 0.25) is 0 Å². The van der Waals surface area contributed by atoms with Gasteiger partial charge in [0.25, 0.3) is 5.56 Å². The molecule has 150 valence electrons. The number of aromatic nitrogens is 2. The Labute approximate surface area is 168 Å². The first-order chi connectivity index (χ1) is 14.0. The highest BCUT2D eigenvalue weighted by Gasteiger charge is 2.23. The van der Waals surface area contributed by atoms with Crippen LogP contribution in [0.4, 0.5) is 0 Å². The Balaban J connectivity index is 1.82. The largest absolute Gasteiger partial charge is 0.464 e. The van der Waals surface area contributed by atoms with Crippen molar-refractivity contribution in [2.45, 2.75) is 25.8 Å². The fourth-order valence-electron chi connectivity index (χ4n) is 3.19. The average molecular weight is 393 g/mol. The first kappa shape index (κ1) is 20.3. The quantitative estimate of drug-likeness (QED) is 0.618. The van der Waals surface area contributed by atoms with Crippen LogP contribution in [0.25, 0.3) is 10.8 Å². The minimum absolute atomic E-state index is 0.0562. The van der Waals surface area contributed by atoms with E-state index in [1.54, 1.807) is 38.2 Å². The van der Waals surface area contributed by atoms with Gasteiger partial charge in [-0.05, 0) is 18.6 Å². The van der Waals surface area contributed by atoms with Gasteiger partial charge in [0, 0.05) is 18.9 Å². The Morgan fingerprint density at radius 1 is 1.07 bits per heavy atom. The minimum Gasteiger partial charge on any atom is -0.464 e. The molecule has 7 nitrogen and oxygen atoms in total. The van der Waals surface area contributed by atoms with Gasteiger partial charge in [0.2, 0.25) is 5.91 Å². The summed E-state index contributed by atoms with van der Waals surface area (Å²) in [6.45, 7) is 1.95. The second-order valence-electron chi connectivity index (χ2n) is 6.66. The minimum atomic E-state index is -0.802. The highest BCUT2D eigenvalue weighted by molar-refractivity contribution is 5.90. The van der Waals surface area contributed by atoms with Crippen LogP contribution in [-0.4, -0.2) is 34.3 Å². The van der Waals surface area contributed by atoms with Crippen molar-refractivity contribution < 1.29 is 14.3 Å². The smallest absolute Gasteiger partial charge is 0.328 e. The molecule has 1 atom stereocenters. The monoisotopic (exact) mass is 393 g/mol. The molecule has 0 fully saturated rings. The summed E-state index contributed by atoms with van der Waals surface area (Å²) in [5.74, 6) is -0.849. The molecule has 0 aliphatic carbocycles. The van der Waals surface area contributed by atoms with Gasteiger partial charge in [0.1, 0.15) is 6.04 Å². The number of esters is 1. The van der Waals surface area contributed by atoms with E-state index in [1.807, 2.05) is 30.3 Å². The normalized spacial score (nSPS) is 11.8. The Kier molecular flexibility index (Phi) is 6.39. The predicted molar refractivity (Wildman–Crippen MR) is 109 cm³/mol. The maximum Gasteiger partial charge on any atom is 0.328 e. The number of rotatable bonds is 7. The Bertz CT molecular complexity index is 1080. The molecule has 0 aliphatic rings. The summed E-state index contributed by atoms with van der Waals surface area (Å²) in [7, 11) is 1.55. The third-order valence-corrected chi connectivity index (χ3v) is 4.55. The molecule has 1 unspecified atom stereocenters. The Morgan fingerprint density at radius 2 is 1.72 bits per heavy atom. The number of nitrogens with one attached hydrogen (secondary N) is 1. The number of aryl methyl sites for hydroxylation is 1. The predicted octanol–water partition coefficient (Wildman–Crippen LogP) is 1.77. The molecule has 3 aromatic rings. The number of carbonyl (C=O) groups is 2. The van der Waals surface area contributed by atoms with E-state index in [1.165, 1.54) is 4.68 Å². The molecule has 0 bridgehead atoms. The summed E-state index contributed by atoms with van der Waals surface area (Å²) in [5, 5.41) is 8.12. The van der Waals surface area contributed by atoms with Crippen molar-refractivity contribution >= 4 is 22.6 Å². The van der Waals surface area contributed by atoms with E-state index in [-0.39, 0.29) is 24.5 Å². The van der Waals surface area contributed by atoms with Gasteiger partial charge in [-0.15, -0.1) is 0 Å².